The van der Waals surface area contributed by atoms with Crippen LogP contribution in [0.25, 0.3) is 16.7 Å². The Balaban J connectivity index is 1.57. The van der Waals surface area contributed by atoms with Crippen molar-refractivity contribution in [1.29, 1.82) is 0 Å². The van der Waals surface area contributed by atoms with Gasteiger partial charge in [0.05, 0.1) is 12.3 Å². The second-order valence-electron chi connectivity index (χ2n) is 5.94. The third-order valence-corrected chi connectivity index (χ3v) is 4.03. The van der Waals surface area contributed by atoms with Gasteiger partial charge in [-0.1, -0.05) is 24.3 Å². The van der Waals surface area contributed by atoms with Crippen LogP contribution in [0, 0.1) is 0 Å². The van der Waals surface area contributed by atoms with Crippen molar-refractivity contribution in [2.24, 2.45) is 0 Å². The number of ether oxygens (including phenoxy) is 1. The van der Waals surface area contributed by atoms with E-state index in [1.54, 1.807) is 23.0 Å². The van der Waals surface area contributed by atoms with Gasteiger partial charge in [-0.3, -0.25) is 4.79 Å². The lowest BCUT2D eigenvalue weighted by molar-refractivity contribution is 0.102. The Bertz CT molecular complexity index is 1090. The lowest BCUT2D eigenvalue weighted by Gasteiger charge is -2.07. The predicted molar refractivity (Wildman–Crippen MR) is 104 cm³/mol. The Morgan fingerprint density at radius 3 is 2.59 bits per heavy atom. The molecular weight excluding hydrogens is 340 g/mol. The van der Waals surface area contributed by atoms with E-state index in [1.807, 2.05) is 61.5 Å². The number of carbonyl (C=O) groups excluding carboxylic acids is 1. The van der Waals surface area contributed by atoms with Crippen LogP contribution in [0.3, 0.4) is 0 Å². The highest BCUT2D eigenvalue weighted by atomic mass is 16.5. The molecule has 0 aliphatic carbocycles. The van der Waals surface area contributed by atoms with E-state index >= 15 is 0 Å². The van der Waals surface area contributed by atoms with Crippen molar-refractivity contribution in [3.05, 3.63) is 78.4 Å². The number of amides is 1. The molecule has 0 aliphatic rings. The molecule has 0 saturated heterocycles. The van der Waals surface area contributed by atoms with Crippen LogP contribution < -0.4 is 10.1 Å². The second-order valence-corrected chi connectivity index (χ2v) is 5.94. The van der Waals surface area contributed by atoms with Crippen molar-refractivity contribution in [3.8, 4) is 11.4 Å². The third kappa shape index (κ3) is 3.64. The highest BCUT2D eigenvalue weighted by Crippen LogP contribution is 2.19. The Hall–Kier alpha value is -3.67. The zero-order valence-electron chi connectivity index (χ0n) is 14.8. The minimum atomic E-state index is -0.202. The van der Waals surface area contributed by atoms with Crippen LogP contribution in [0.15, 0.2) is 72.8 Å². The summed E-state index contributed by atoms with van der Waals surface area (Å²) in [6, 6.07) is 22.3. The maximum atomic E-state index is 12.5. The van der Waals surface area contributed by atoms with Crippen LogP contribution in [-0.2, 0) is 0 Å². The van der Waals surface area contributed by atoms with Gasteiger partial charge in [0.15, 0.2) is 0 Å². The highest BCUT2D eigenvalue weighted by molar-refractivity contribution is 6.05. The summed E-state index contributed by atoms with van der Waals surface area (Å²) in [6.45, 7) is 2.46. The lowest BCUT2D eigenvalue weighted by Crippen LogP contribution is -2.11. The molecule has 0 saturated carbocycles. The first-order valence-corrected chi connectivity index (χ1v) is 8.69. The quantitative estimate of drug-likeness (QED) is 0.584. The number of anilines is 1. The van der Waals surface area contributed by atoms with Gasteiger partial charge in [-0.25, -0.2) is 0 Å². The Morgan fingerprint density at radius 2 is 1.78 bits per heavy atom. The van der Waals surface area contributed by atoms with Crippen LogP contribution in [0.4, 0.5) is 5.69 Å². The molecule has 4 aromatic rings. The maximum absolute atomic E-state index is 12.5. The molecule has 0 spiro atoms. The fourth-order valence-electron chi connectivity index (χ4n) is 2.77. The molecule has 0 radical (unpaired) electrons. The number of para-hydroxylation sites is 1. The molecule has 0 fully saturated rings. The van der Waals surface area contributed by atoms with E-state index in [9.17, 15) is 4.79 Å². The van der Waals surface area contributed by atoms with E-state index in [-0.39, 0.29) is 5.91 Å². The standard InChI is InChI=1S/C21H18N4O2/c1-2-27-18-10-6-7-15(13-18)21(26)22-16-11-12-19-20(14-16)24-25(23-19)17-8-4-3-5-9-17/h3-14H,2H2,1H3,(H,22,26). The van der Waals surface area contributed by atoms with Gasteiger partial charge in [0, 0.05) is 11.3 Å². The van der Waals surface area contributed by atoms with Crippen molar-refractivity contribution >= 4 is 22.6 Å². The van der Waals surface area contributed by atoms with E-state index in [4.69, 9.17) is 4.74 Å². The normalized spacial score (nSPS) is 10.7. The summed E-state index contributed by atoms with van der Waals surface area (Å²) in [4.78, 5) is 14.1. The summed E-state index contributed by atoms with van der Waals surface area (Å²) in [5.41, 5.74) is 3.55. The van der Waals surface area contributed by atoms with Gasteiger partial charge in [0.2, 0.25) is 0 Å². The average molecular weight is 358 g/mol. The van der Waals surface area contributed by atoms with E-state index < -0.39 is 0 Å². The fourth-order valence-corrected chi connectivity index (χ4v) is 2.77. The summed E-state index contributed by atoms with van der Waals surface area (Å²) >= 11 is 0. The summed E-state index contributed by atoms with van der Waals surface area (Å²) in [7, 11) is 0. The Kier molecular flexibility index (Phi) is 4.53. The van der Waals surface area contributed by atoms with Crippen molar-refractivity contribution in [2.45, 2.75) is 6.92 Å². The molecule has 3 aromatic carbocycles. The molecule has 1 heterocycles. The highest BCUT2D eigenvalue weighted by Gasteiger charge is 2.10. The number of hydrogen-bond acceptors (Lipinski definition) is 4. The van der Waals surface area contributed by atoms with E-state index in [2.05, 4.69) is 15.5 Å². The number of hydrogen-bond donors (Lipinski definition) is 1. The Labute approximate surface area is 156 Å². The number of nitrogens with one attached hydrogen (secondary N) is 1. The molecule has 1 amide bonds. The first-order valence-electron chi connectivity index (χ1n) is 8.69. The zero-order valence-corrected chi connectivity index (χ0v) is 14.8. The fraction of sp³-hybridized carbons (Fsp3) is 0.0952. The van der Waals surface area contributed by atoms with Crippen LogP contribution in [0.1, 0.15) is 17.3 Å². The maximum Gasteiger partial charge on any atom is 0.255 e. The molecule has 0 atom stereocenters. The summed E-state index contributed by atoms with van der Waals surface area (Å²) < 4.78 is 5.45. The van der Waals surface area contributed by atoms with Gasteiger partial charge >= 0.3 is 0 Å². The summed E-state index contributed by atoms with van der Waals surface area (Å²) in [6.07, 6.45) is 0. The zero-order chi connectivity index (χ0) is 18.6. The van der Waals surface area contributed by atoms with Gasteiger partial charge in [-0.15, -0.1) is 10.2 Å². The van der Waals surface area contributed by atoms with E-state index in [0.717, 1.165) is 11.2 Å². The number of benzene rings is 3. The SMILES string of the molecule is CCOc1cccc(C(=O)Nc2ccc3nn(-c4ccccc4)nc3c2)c1. The van der Waals surface area contributed by atoms with Crippen LogP contribution in [-0.4, -0.2) is 27.5 Å². The molecule has 1 aromatic heterocycles. The number of fused-ring (bicyclic) bond motifs is 1. The van der Waals surface area contributed by atoms with E-state index in [0.29, 0.717) is 29.1 Å². The number of carbonyl (C=O) groups is 1. The first-order chi connectivity index (χ1) is 13.2. The molecule has 27 heavy (non-hydrogen) atoms. The smallest absolute Gasteiger partial charge is 0.255 e. The van der Waals surface area contributed by atoms with Crippen molar-refractivity contribution in [3.63, 3.8) is 0 Å². The minimum Gasteiger partial charge on any atom is -0.494 e. The number of nitrogens with zero attached hydrogens (tertiary/aromatic N) is 3. The van der Waals surface area contributed by atoms with Gasteiger partial charge in [-0.2, -0.15) is 4.80 Å². The van der Waals surface area contributed by atoms with Crippen molar-refractivity contribution in [1.82, 2.24) is 15.0 Å². The molecule has 0 bridgehead atoms. The van der Waals surface area contributed by atoms with Crippen LogP contribution >= 0.6 is 0 Å². The molecule has 4 rings (SSSR count). The molecule has 134 valence electrons. The molecule has 0 unspecified atom stereocenters. The van der Waals surface area contributed by atoms with Gasteiger partial charge in [0.25, 0.3) is 5.91 Å². The van der Waals surface area contributed by atoms with E-state index in [1.165, 1.54) is 0 Å². The third-order valence-electron chi connectivity index (χ3n) is 4.03. The second kappa shape index (κ2) is 7.29. The average Bonchev–Trinajstić information content (AvgIpc) is 3.12. The largest absolute Gasteiger partial charge is 0.494 e. The molecule has 6 heteroatoms. The monoisotopic (exact) mass is 358 g/mol. The minimum absolute atomic E-state index is 0.202. The summed E-state index contributed by atoms with van der Waals surface area (Å²) in [5.74, 6) is 0.470. The van der Waals surface area contributed by atoms with Crippen LogP contribution in [0.5, 0.6) is 5.75 Å². The number of rotatable bonds is 5. The van der Waals surface area contributed by atoms with Crippen molar-refractivity contribution in [2.75, 3.05) is 11.9 Å². The lowest BCUT2D eigenvalue weighted by atomic mass is 10.2. The van der Waals surface area contributed by atoms with Crippen LogP contribution in [0.2, 0.25) is 0 Å². The molecule has 1 N–H and O–H groups in total. The van der Waals surface area contributed by atoms with Gasteiger partial charge in [-0.05, 0) is 55.5 Å². The predicted octanol–water partition coefficient (Wildman–Crippen LogP) is 4.07. The molecule has 6 nitrogen and oxygen atoms in total. The van der Waals surface area contributed by atoms with Gasteiger partial charge in [0.1, 0.15) is 16.8 Å². The molecule has 0 aliphatic heterocycles. The van der Waals surface area contributed by atoms with Gasteiger partial charge < -0.3 is 10.1 Å². The molecular formula is C21H18N4O2. The summed E-state index contributed by atoms with van der Waals surface area (Å²) in [5, 5.41) is 11.9. The Morgan fingerprint density at radius 1 is 0.963 bits per heavy atom. The topological polar surface area (TPSA) is 69.0 Å². The first kappa shape index (κ1) is 16.8. The number of aromatic nitrogens is 3. The van der Waals surface area contributed by atoms with Crippen molar-refractivity contribution < 1.29 is 9.53 Å².